The van der Waals surface area contributed by atoms with Crippen LogP contribution in [0.3, 0.4) is 0 Å². The second-order valence-corrected chi connectivity index (χ2v) is 3.86. The van der Waals surface area contributed by atoms with Crippen molar-refractivity contribution in [1.29, 1.82) is 0 Å². The van der Waals surface area contributed by atoms with Crippen molar-refractivity contribution >= 4 is 17.4 Å². The highest BCUT2D eigenvalue weighted by Gasteiger charge is 2.18. The van der Waals surface area contributed by atoms with Gasteiger partial charge in [-0.05, 0) is 19.4 Å². The molecule has 0 amide bonds. The number of rotatable bonds is 5. The molecule has 19 heavy (non-hydrogen) atoms. The van der Waals surface area contributed by atoms with Gasteiger partial charge in [-0.15, -0.1) is 0 Å². The van der Waals surface area contributed by atoms with Gasteiger partial charge in [-0.2, -0.15) is 0 Å². The third kappa shape index (κ3) is 4.09. The normalized spacial score (nSPS) is 12.3. The van der Waals surface area contributed by atoms with Crippen LogP contribution in [-0.4, -0.2) is 34.4 Å². The maximum absolute atomic E-state index is 11.5. The lowest BCUT2D eigenvalue weighted by atomic mass is 10.0. The number of aryl methyl sites for hydroxylation is 1. The average Bonchev–Trinajstić information content (AvgIpc) is 2.42. The van der Waals surface area contributed by atoms with Gasteiger partial charge in [-0.25, -0.2) is 4.79 Å². The second-order valence-electron chi connectivity index (χ2n) is 3.86. The summed E-state index contributed by atoms with van der Waals surface area (Å²) in [7, 11) is 0. The zero-order valence-electron chi connectivity index (χ0n) is 10.8. The molecule has 1 aromatic carbocycles. The number of carbonyl (C=O) groups is 1. The monoisotopic (exact) mass is 264 g/mol. The molecule has 0 aliphatic heterocycles. The van der Waals surface area contributed by atoms with E-state index in [1.54, 1.807) is 19.1 Å². The maximum Gasteiger partial charge on any atom is 0.356 e. The number of benzene rings is 1. The van der Waals surface area contributed by atoms with Crippen LogP contribution in [0.4, 0.5) is 0 Å². The highest BCUT2D eigenvalue weighted by molar-refractivity contribution is 6.40. The second kappa shape index (κ2) is 7.15. The van der Waals surface area contributed by atoms with Crippen molar-refractivity contribution < 1.29 is 19.9 Å². The summed E-state index contributed by atoms with van der Waals surface area (Å²) in [5, 5.41) is 23.8. The Hall–Kier alpha value is -2.37. The van der Waals surface area contributed by atoms with Crippen LogP contribution in [0.5, 0.6) is 0 Å². The van der Waals surface area contributed by atoms with Gasteiger partial charge in [0.1, 0.15) is 0 Å². The molecule has 0 saturated carbocycles. The van der Waals surface area contributed by atoms with Crippen LogP contribution in [0.1, 0.15) is 24.5 Å². The Kier molecular flexibility index (Phi) is 5.53. The van der Waals surface area contributed by atoms with Gasteiger partial charge in [-0.1, -0.05) is 40.1 Å². The predicted octanol–water partition coefficient (Wildman–Crippen LogP) is 1.96. The van der Waals surface area contributed by atoms with E-state index in [9.17, 15) is 4.79 Å². The quantitative estimate of drug-likeness (QED) is 0.368. The SMILES string of the molecule is CCOC(=O)/C(C/C(=N/O)c1ccc(C)cc1)=N\O. The molecule has 0 radical (unpaired) electrons. The minimum Gasteiger partial charge on any atom is -0.461 e. The molecule has 1 rings (SSSR count). The fraction of sp³-hybridized carbons (Fsp3) is 0.308. The summed E-state index contributed by atoms with van der Waals surface area (Å²) < 4.78 is 4.73. The van der Waals surface area contributed by atoms with E-state index in [1.165, 1.54) is 0 Å². The number of hydrogen-bond acceptors (Lipinski definition) is 6. The van der Waals surface area contributed by atoms with Crippen LogP contribution < -0.4 is 0 Å². The number of esters is 1. The highest BCUT2D eigenvalue weighted by Crippen LogP contribution is 2.08. The molecule has 0 bridgehead atoms. The highest BCUT2D eigenvalue weighted by atomic mass is 16.5. The molecule has 0 atom stereocenters. The maximum atomic E-state index is 11.5. The van der Waals surface area contributed by atoms with E-state index in [0.29, 0.717) is 5.56 Å². The van der Waals surface area contributed by atoms with Crippen molar-refractivity contribution in [1.82, 2.24) is 0 Å². The fourth-order valence-electron chi connectivity index (χ4n) is 1.46. The first-order chi connectivity index (χ1) is 9.12. The Balaban J connectivity index is 2.88. The molecule has 102 valence electrons. The first-order valence-corrected chi connectivity index (χ1v) is 5.78. The number of carbonyl (C=O) groups excluding carboxylic acids is 1. The fourth-order valence-corrected chi connectivity index (χ4v) is 1.46. The molecular weight excluding hydrogens is 248 g/mol. The number of nitrogens with zero attached hydrogens (tertiary/aromatic N) is 2. The van der Waals surface area contributed by atoms with Crippen molar-refractivity contribution in [3.05, 3.63) is 35.4 Å². The van der Waals surface area contributed by atoms with Gasteiger partial charge in [0, 0.05) is 6.42 Å². The molecule has 6 nitrogen and oxygen atoms in total. The van der Waals surface area contributed by atoms with Crippen LogP contribution >= 0.6 is 0 Å². The minimum absolute atomic E-state index is 0.116. The summed E-state index contributed by atoms with van der Waals surface area (Å²) in [5.74, 6) is -0.738. The van der Waals surface area contributed by atoms with E-state index < -0.39 is 5.97 Å². The molecule has 6 heteroatoms. The van der Waals surface area contributed by atoms with Gasteiger partial charge in [0.05, 0.1) is 12.3 Å². The first kappa shape index (κ1) is 14.7. The number of hydrogen-bond donors (Lipinski definition) is 2. The lowest BCUT2D eigenvalue weighted by Gasteiger charge is -2.06. The standard InChI is InChI=1S/C13H16N2O4/c1-3-19-13(16)12(15-18)8-11(14-17)10-6-4-9(2)5-7-10/h4-7,17-18H,3,8H2,1-2H3/b14-11-,15-12-. The van der Waals surface area contributed by atoms with E-state index in [4.69, 9.17) is 15.2 Å². The third-order valence-corrected chi connectivity index (χ3v) is 2.47. The van der Waals surface area contributed by atoms with E-state index >= 15 is 0 Å². The first-order valence-electron chi connectivity index (χ1n) is 5.78. The van der Waals surface area contributed by atoms with Gasteiger partial charge in [-0.3, -0.25) is 0 Å². The Morgan fingerprint density at radius 2 is 1.84 bits per heavy atom. The third-order valence-electron chi connectivity index (χ3n) is 2.47. The zero-order chi connectivity index (χ0) is 14.3. The molecule has 0 spiro atoms. The molecule has 2 N–H and O–H groups in total. The Morgan fingerprint density at radius 1 is 1.21 bits per heavy atom. The Morgan fingerprint density at radius 3 is 2.32 bits per heavy atom. The van der Waals surface area contributed by atoms with E-state index in [2.05, 4.69) is 10.3 Å². The van der Waals surface area contributed by atoms with Crippen molar-refractivity contribution in [3.63, 3.8) is 0 Å². The molecule has 1 aromatic rings. The largest absolute Gasteiger partial charge is 0.461 e. The summed E-state index contributed by atoms with van der Waals surface area (Å²) in [6.07, 6.45) is -0.116. The smallest absolute Gasteiger partial charge is 0.356 e. The number of ether oxygens (including phenoxy) is 1. The van der Waals surface area contributed by atoms with E-state index in [1.807, 2.05) is 19.1 Å². The van der Waals surface area contributed by atoms with Crippen molar-refractivity contribution in [2.75, 3.05) is 6.61 Å². The number of oxime groups is 2. The van der Waals surface area contributed by atoms with Gasteiger partial charge in [0.15, 0.2) is 5.71 Å². The summed E-state index contributed by atoms with van der Waals surface area (Å²) in [6.45, 7) is 3.75. The van der Waals surface area contributed by atoms with Crippen molar-refractivity contribution in [2.45, 2.75) is 20.3 Å². The molecule has 0 aliphatic carbocycles. The lowest BCUT2D eigenvalue weighted by Crippen LogP contribution is -2.21. The van der Waals surface area contributed by atoms with Crippen LogP contribution in [0.25, 0.3) is 0 Å². The van der Waals surface area contributed by atoms with Crippen LogP contribution in [0.15, 0.2) is 34.6 Å². The minimum atomic E-state index is -0.738. The average molecular weight is 264 g/mol. The van der Waals surface area contributed by atoms with Gasteiger partial charge in [0.2, 0.25) is 0 Å². The molecule has 0 fully saturated rings. The van der Waals surface area contributed by atoms with Crippen LogP contribution in [0, 0.1) is 6.92 Å². The van der Waals surface area contributed by atoms with E-state index in [0.717, 1.165) is 5.56 Å². The Bertz CT molecular complexity index is 492. The molecule has 0 unspecified atom stereocenters. The molecular formula is C13H16N2O4. The summed E-state index contributed by atoms with van der Waals surface area (Å²) in [6, 6.07) is 7.20. The molecule has 0 aromatic heterocycles. The zero-order valence-corrected chi connectivity index (χ0v) is 10.8. The Labute approximate surface area is 111 Å². The topological polar surface area (TPSA) is 91.5 Å². The molecule has 0 saturated heterocycles. The van der Waals surface area contributed by atoms with Gasteiger partial charge in [0.25, 0.3) is 0 Å². The molecule has 0 heterocycles. The van der Waals surface area contributed by atoms with Crippen molar-refractivity contribution in [2.24, 2.45) is 10.3 Å². The lowest BCUT2D eigenvalue weighted by molar-refractivity contribution is -0.135. The van der Waals surface area contributed by atoms with Gasteiger partial charge < -0.3 is 15.2 Å². The molecule has 0 aliphatic rings. The van der Waals surface area contributed by atoms with Crippen LogP contribution in [-0.2, 0) is 9.53 Å². The summed E-state index contributed by atoms with van der Waals surface area (Å²) >= 11 is 0. The summed E-state index contributed by atoms with van der Waals surface area (Å²) in [4.78, 5) is 11.5. The summed E-state index contributed by atoms with van der Waals surface area (Å²) in [5.41, 5.74) is 1.71. The van der Waals surface area contributed by atoms with E-state index in [-0.39, 0.29) is 24.5 Å². The van der Waals surface area contributed by atoms with Crippen molar-refractivity contribution in [3.8, 4) is 0 Å². The van der Waals surface area contributed by atoms with Crippen LogP contribution in [0.2, 0.25) is 0 Å². The predicted molar refractivity (Wildman–Crippen MR) is 70.0 cm³/mol. The van der Waals surface area contributed by atoms with Gasteiger partial charge >= 0.3 is 5.97 Å².